The van der Waals surface area contributed by atoms with Crippen LogP contribution >= 0.6 is 0 Å². The molecule has 6 heteroatoms. The van der Waals surface area contributed by atoms with Gasteiger partial charge in [0.15, 0.2) is 0 Å². The Morgan fingerprint density at radius 1 is 1.33 bits per heavy atom. The Balaban J connectivity index is 2.15. The number of pyridine rings is 1. The molecular weight excluding hydrogens is 272 g/mol. The van der Waals surface area contributed by atoms with Crippen molar-refractivity contribution in [1.29, 1.82) is 0 Å². The standard InChI is InChI=1S/C15H20N2O4/c1-16-10-11(5-7-13(16)18)15(21)17-9-3-2-4-12(17)6-8-14(19)20/h5,7,10,12H,2-4,6,8-9H2,1H3,(H,19,20)/t12-/m1/s1. The fourth-order valence-electron chi connectivity index (χ4n) is 2.74. The molecular formula is C15H20N2O4. The lowest BCUT2D eigenvalue weighted by molar-refractivity contribution is -0.137. The maximum Gasteiger partial charge on any atom is 0.303 e. The molecule has 2 heterocycles. The van der Waals surface area contributed by atoms with Gasteiger partial charge >= 0.3 is 5.97 Å². The fraction of sp³-hybridized carbons (Fsp3) is 0.533. The van der Waals surface area contributed by atoms with Gasteiger partial charge < -0.3 is 14.6 Å². The van der Waals surface area contributed by atoms with Gasteiger partial charge in [-0.25, -0.2) is 0 Å². The maximum atomic E-state index is 12.6. The first-order valence-corrected chi connectivity index (χ1v) is 7.18. The third-order valence-corrected chi connectivity index (χ3v) is 3.91. The lowest BCUT2D eigenvalue weighted by atomic mass is 9.97. The van der Waals surface area contributed by atoms with Crippen LogP contribution in [-0.4, -0.2) is 39.0 Å². The van der Waals surface area contributed by atoms with Crippen LogP contribution in [0.2, 0.25) is 0 Å². The second kappa shape index (κ2) is 6.56. The minimum absolute atomic E-state index is 0.0282. The molecule has 1 fully saturated rings. The Bertz CT molecular complexity index is 594. The van der Waals surface area contributed by atoms with Crippen molar-refractivity contribution in [2.75, 3.05) is 6.54 Å². The predicted molar refractivity (Wildman–Crippen MR) is 77.2 cm³/mol. The summed E-state index contributed by atoms with van der Waals surface area (Å²) in [5, 5.41) is 8.81. The fourth-order valence-corrected chi connectivity index (χ4v) is 2.74. The van der Waals surface area contributed by atoms with Crippen molar-refractivity contribution >= 4 is 11.9 Å². The van der Waals surface area contributed by atoms with E-state index in [9.17, 15) is 14.4 Å². The summed E-state index contributed by atoms with van der Waals surface area (Å²) >= 11 is 0. The van der Waals surface area contributed by atoms with Crippen LogP contribution in [0, 0.1) is 0 Å². The number of aryl methyl sites for hydroxylation is 1. The lowest BCUT2D eigenvalue weighted by Gasteiger charge is -2.35. The molecule has 1 amide bonds. The average Bonchev–Trinajstić information content (AvgIpc) is 2.47. The molecule has 1 aliphatic rings. The number of carbonyl (C=O) groups excluding carboxylic acids is 1. The molecule has 21 heavy (non-hydrogen) atoms. The highest BCUT2D eigenvalue weighted by Gasteiger charge is 2.27. The van der Waals surface area contributed by atoms with Gasteiger partial charge in [-0.1, -0.05) is 0 Å². The molecule has 0 bridgehead atoms. The summed E-state index contributed by atoms with van der Waals surface area (Å²) in [6, 6.07) is 2.89. The van der Waals surface area contributed by atoms with E-state index in [2.05, 4.69) is 0 Å². The van der Waals surface area contributed by atoms with Crippen molar-refractivity contribution in [1.82, 2.24) is 9.47 Å². The number of aliphatic carboxylic acids is 1. The maximum absolute atomic E-state index is 12.6. The summed E-state index contributed by atoms with van der Waals surface area (Å²) in [6.07, 6.45) is 4.87. The molecule has 0 aliphatic carbocycles. The molecule has 1 aromatic heterocycles. The van der Waals surface area contributed by atoms with E-state index < -0.39 is 5.97 Å². The number of hydrogen-bond acceptors (Lipinski definition) is 3. The highest BCUT2D eigenvalue weighted by Crippen LogP contribution is 2.22. The lowest BCUT2D eigenvalue weighted by Crippen LogP contribution is -2.44. The van der Waals surface area contributed by atoms with E-state index >= 15 is 0 Å². The van der Waals surface area contributed by atoms with Crippen LogP contribution in [0.5, 0.6) is 0 Å². The highest BCUT2D eigenvalue weighted by atomic mass is 16.4. The van der Waals surface area contributed by atoms with Crippen LogP contribution in [0.4, 0.5) is 0 Å². The van der Waals surface area contributed by atoms with Gasteiger partial charge in [-0.3, -0.25) is 14.4 Å². The summed E-state index contributed by atoms with van der Waals surface area (Å²) in [5.41, 5.74) is 0.312. The van der Waals surface area contributed by atoms with E-state index in [1.165, 1.54) is 22.9 Å². The molecule has 1 N–H and O–H groups in total. The third-order valence-electron chi connectivity index (χ3n) is 3.91. The zero-order valence-corrected chi connectivity index (χ0v) is 12.1. The molecule has 1 aliphatic heterocycles. The van der Waals surface area contributed by atoms with Crippen molar-refractivity contribution in [2.24, 2.45) is 7.05 Å². The summed E-state index contributed by atoms with van der Waals surface area (Å²) in [5.74, 6) is -0.962. The molecule has 0 spiro atoms. The molecule has 0 unspecified atom stereocenters. The molecule has 6 nitrogen and oxygen atoms in total. The zero-order valence-electron chi connectivity index (χ0n) is 12.1. The third kappa shape index (κ3) is 3.71. The molecule has 1 aromatic rings. The largest absolute Gasteiger partial charge is 0.481 e. The SMILES string of the molecule is Cn1cc(C(=O)N2CCCC[C@@H]2CCC(=O)O)ccc1=O. The number of carbonyl (C=O) groups is 2. The Morgan fingerprint density at radius 3 is 2.76 bits per heavy atom. The summed E-state index contributed by atoms with van der Waals surface area (Å²) in [4.78, 5) is 36.5. The number of carboxylic acid groups (broad SMARTS) is 1. The van der Waals surface area contributed by atoms with Crippen molar-refractivity contribution in [3.8, 4) is 0 Å². The van der Waals surface area contributed by atoms with Gasteiger partial charge in [0.25, 0.3) is 5.91 Å². The average molecular weight is 292 g/mol. The number of piperidine rings is 1. The molecule has 0 aromatic carbocycles. The van der Waals surface area contributed by atoms with Crippen LogP contribution in [0.3, 0.4) is 0 Å². The van der Waals surface area contributed by atoms with Crippen LogP contribution in [-0.2, 0) is 11.8 Å². The smallest absolute Gasteiger partial charge is 0.303 e. The van der Waals surface area contributed by atoms with Crippen molar-refractivity contribution in [3.63, 3.8) is 0 Å². The number of nitrogens with zero attached hydrogens (tertiary/aromatic N) is 2. The molecule has 2 rings (SSSR count). The van der Waals surface area contributed by atoms with E-state index in [1.54, 1.807) is 11.9 Å². The first kappa shape index (κ1) is 15.3. The van der Waals surface area contributed by atoms with E-state index in [0.717, 1.165) is 19.3 Å². The van der Waals surface area contributed by atoms with Crippen LogP contribution < -0.4 is 5.56 Å². The van der Waals surface area contributed by atoms with Gasteiger partial charge in [-0.2, -0.15) is 0 Å². The molecule has 1 atom stereocenters. The Kier molecular flexibility index (Phi) is 4.77. The van der Waals surface area contributed by atoms with Gasteiger partial charge in [0.05, 0.1) is 5.56 Å². The van der Waals surface area contributed by atoms with Gasteiger partial charge in [-0.05, 0) is 31.7 Å². The number of carboxylic acids is 1. The summed E-state index contributed by atoms with van der Waals surface area (Å²) in [6.45, 7) is 0.645. The normalized spacial score (nSPS) is 18.5. The van der Waals surface area contributed by atoms with Crippen LogP contribution in [0.25, 0.3) is 0 Å². The number of amides is 1. The number of rotatable bonds is 4. The predicted octanol–water partition coefficient (Wildman–Crippen LogP) is 1.24. The van der Waals surface area contributed by atoms with Crippen LogP contribution in [0.1, 0.15) is 42.5 Å². The quantitative estimate of drug-likeness (QED) is 0.905. The number of hydrogen-bond donors (Lipinski definition) is 1. The van der Waals surface area contributed by atoms with E-state index in [-0.39, 0.29) is 23.9 Å². The monoisotopic (exact) mass is 292 g/mol. The second-order valence-corrected chi connectivity index (χ2v) is 5.45. The molecule has 0 saturated carbocycles. The zero-order chi connectivity index (χ0) is 15.4. The van der Waals surface area contributed by atoms with Crippen molar-refractivity contribution in [3.05, 3.63) is 34.2 Å². The van der Waals surface area contributed by atoms with E-state index in [1.807, 2.05) is 0 Å². The Hall–Kier alpha value is -2.11. The van der Waals surface area contributed by atoms with Crippen LogP contribution in [0.15, 0.2) is 23.1 Å². The molecule has 1 saturated heterocycles. The van der Waals surface area contributed by atoms with Crippen molar-refractivity contribution in [2.45, 2.75) is 38.1 Å². The van der Waals surface area contributed by atoms with E-state index in [4.69, 9.17) is 5.11 Å². The first-order valence-electron chi connectivity index (χ1n) is 7.18. The number of likely N-dealkylation sites (tertiary alicyclic amines) is 1. The highest BCUT2D eigenvalue weighted by molar-refractivity contribution is 5.94. The first-order chi connectivity index (χ1) is 9.99. The topological polar surface area (TPSA) is 79.6 Å². The minimum atomic E-state index is -0.838. The Morgan fingerprint density at radius 2 is 2.10 bits per heavy atom. The van der Waals surface area contributed by atoms with E-state index in [0.29, 0.717) is 18.5 Å². The van der Waals surface area contributed by atoms with Crippen molar-refractivity contribution < 1.29 is 14.7 Å². The second-order valence-electron chi connectivity index (χ2n) is 5.45. The van der Waals surface area contributed by atoms with Gasteiger partial charge in [-0.15, -0.1) is 0 Å². The minimum Gasteiger partial charge on any atom is -0.481 e. The number of aromatic nitrogens is 1. The molecule has 0 radical (unpaired) electrons. The summed E-state index contributed by atoms with van der Waals surface area (Å²) in [7, 11) is 1.61. The van der Waals surface area contributed by atoms with Gasteiger partial charge in [0.1, 0.15) is 0 Å². The summed E-state index contributed by atoms with van der Waals surface area (Å²) < 4.78 is 1.38. The molecule has 114 valence electrons. The van der Waals surface area contributed by atoms with Gasteiger partial charge in [0, 0.05) is 38.3 Å². The Labute approximate surface area is 123 Å². The van der Waals surface area contributed by atoms with Gasteiger partial charge in [0.2, 0.25) is 5.56 Å².